The minimum Gasteiger partial charge on any atom is -0.384 e. The second-order valence-electron chi connectivity index (χ2n) is 6.02. The molecule has 2 N–H and O–H groups in total. The van der Waals surface area contributed by atoms with Gasteiger partial charge in [0.2, 0.25) is 5.91 Å². The lowest BCUT2D eigenvalue weighted by atomic mass is 9.80. The van der Waals surface area contributed by atoms with Crippen molar-refractivity contribution in [1.82, 2.24) is 0 Å². The van der Waals surface area contributed by atoms with Crippen molar-refractivity contribution in [1.29, 1.82) is 0 Å². The van der Waals surface area contributed by atoms with Crippen LogP contribution in [0.2, 0.25) is 0 Å². The summed E-state index contributed by atoms with van der Waals surface area (Å²) in [6.45, 7) is 8.28. The average molecular weight is 273 g/mol. The molecule has 0 saturated heterocycles. The molecule has 0 spiro atoms. The molecule has 0 aliphatic carbocycles. The van der Waals surface area contributed by atoms with Crippen LogP contribution in [0.1, 0.15) is 39.7 Å². The van der Waals surface area contributed by atoms with Crippen LogP contribution in [0.3, 0.4) is 0 Å². The lowest BCUT2D eigenvalue weighted by molar-refractivity contribution is -0.117. The van der Waals surface area contributed by atoms with Gasteiger partial charge >= 0.3 is 0 Å². The number of hydrogen-bond donors (Lipinski definition) is 2. The van der Waals surface area contributed by atoms with Gasteiger partial charge in [-0.05, 0) is 23.5 Å². The van der Waals surface area contributed by atoms with E-state index in [0.717, 1.165) is 5.56 Å². The number of nitrogens with one attached hydrogen (secondary N) is 1. The first-order valence-electron chi connectivity index (χ1n) is 6.83. The molecule has 0 heterocycles. The molecule has 3 nitrogen and oxygen atoms in total. The number of carbonyl (C=O) groups is 1. The van der Waals surface area contributed by atoms with Gasteiger partial charge in [0.05, 0.1) is 5.69 Å². The molecule has 1 atom stereocenters. The number of hydrogen-bond acceptors (Lipinski definition) is 2. The van der Waals surface area contributed by atoms with Gasteiger partial charge in [-0.1, -0.05) is 51.7 Å². The average Bonchev–Trinajstić information content (AvgIpc) is 2.36. The normalized spacial score (nSPS) is 12.2. The molecule has 0 aliphatic rings. The number of carbonyl (C=O) groups excluding carboxylic acids is 1. The second-order valence-corrected chi connectivity index (χ2v) is 6.02. The maximum absolute atomic E-state index is 12.1. The van der Waals surface area contributed by atoms with Gasteiger partial charge in [0.15, 0.2) is 0 Å². The first-order valence-corrected chi connectivity index (χ1v) is 6.83. The van der Waals surface area contributed by atoms with E-state index in [-0.39, 0.29) is 23.8 Å². The Bertz CT molecular complexity index is 518. The van der Waals surface area contributed by atoms with Crippen LogP contribution in [-0.2, 0) is 4.79 Å². The molecular weight excluding hydrogens is 250 g/mol. The Morgan fingerprint density at radius 1 is 1.35 bits per heavy atom. The highest BCUT2D eigenvalue weighted by Crippen LogP contribution is 2.28. The molecule has 0 aromatic heterocycles. The highest BCUT2D eigenvalue weighted by Gasteiger charge is 2.22. The smallest absolute Gasteiger partial charge is 0.224 e. The van der Waals surface area contributed by atoms with E-state index < -0.39 is 0 Å². The summed E-state index contributed by atoms with van der Waals surface area (Å²) < 4.78 is 0. The third-order valence-corrected chi connectivity index (χ3v) is 3.47. The molecule has 0 saturated carbocycles. The molecule has 0 bridgehead atoms. The Labute approximate surface area is 121 Å². The molecule has 1 amide bonds. The van der Waals surface area contributed by atoms with Gasteiger partial charge in [-0.3, -0.25) is 4.79 Å². The van der Waals surface area contributed by atoms with E-state index in [1.807, 2.05) is 24.3 Å². The molecule has 0 aliphatic heterocycles. The number of amides is 1. The number of aliphatic hydroxyl groups excluding tert-OH is 1. The zero-order valence-corrected chi connectivity index (χ0v) is 12.7. The predicted molar refractivity (Wildman–Crippen MR) is 82.3 cm³/mol. The van der Waals surface area contributed by atoms with Gasteiger partial charge in [-0.15, -0.1) is 0 Å². The summed E-state index contributed by atoms with van der Waals surface area (Å²) in [5.41, 5.74) is 1.52. The van der Waals surface area contributed by atoms with Gasteiger partial charge in [-0.25, -0.2) is 0 Å². The fourth-order valence-corrected chi connectivity index (χ4v) is 1.62. The van der Waals surface area contributed by atoms with Crippen molar-refractivity contribution >= 4 is 11.6 Å². The molecule has 0 fully saturated rings. The van der Waals surface area contributed by atoms with Crippen LogP contribution < -0.4 is 5.32 Å². The quantitative estimate of drug-likeness (QED) is 0.832. The summed E-state index contributed by atoms with van der Waals surface area (Å²) in [5.74, 6) is 5.72. The lowest BCUT2D eigenvalue weighted by Gasteiger charge is -2.26. The third-order valence-electron chi connectivity index (χ3n) is 3.47. The van der Waals surface area contributed by atoms with Crippen LogP contribution in [-0.4, -0.2) is 17.6 Å². The van der Waals surface area contributed by atoms with Crippen molar-refractivity contribution in [3.63, 3.8) is 0 Å². The number of aliphatic hydroxyl groups is 1. The Morgan fingerprint density at radius 2 is 2.00 bits per heavy atom. The van der Waals surface area contributed by atoms with Crippen molar-refractivity contribution in [2.75, 3.05) is 11.9 Å². The van der Waals surface area contributed by atoms with Crippen LogP contribution in [0.4, 0.5) is 5.69 Å². The maximum atomic E-state index is 12.1. The highest BCUT2D eigenvalue weighted by molar-refractivity contribution is 5.92. The van der Waals surface area contributed by atoms with Gasteiger partial charge < -0.3 is 10.4 Å². The van der Waals surface area contributed by atoms with Crippen molar-refractivity contribution in [2.24, 2.45) is 11.3 Å². The summed E-state index contributed by atoms with van der Waals surface area (Å²) in [7, 11) is 0. The van der Waals surface area contributed by atoms with Gasteiger partial charge in [-0.2, -0.15) is 0 Å². The van der Waals surface area contributed by atoms with Crippen molar-refractivity contribution in [3.05, 3.63) is 29.8 Å². The molecular formula is C17H23NO2. The Kier molecular flexibility index (Phi) is 5.79. The number of anilines is 1. The van der Waals surface area contributed by atoms with E-state index in [0.29, 0.717) is 12.1 Å². The topological polar surface area (TPSA) is 49.3 Å². The highest BCUT2D eigenvalue weighted by atomic mass is 16.2. The lowest BCUT2D eigenvalue weighted by Crippen LogP contribution is -2.24. The van der Waals surface area contributed by atoms with Crippen LogP contribution >= 0.6 is 0 Å². The number of rotatable bonds is 3. The Hall–Kier alpha value is -1.79. The van der Waals surface area contributed by atoms with E-state index in [1.165, 1.54) is 0 Å². The summed E-state index contributed by atoms with van der Waals surface area (Å²) >= 11 is 0. The van der Waals surface area contributed by atoms with Crippen LogP contribution in [0.15, 0.2) is 24.3 Å². The Morgan fingerprint density at radius 3 is 2.60 bits per heavy atom. The third kappa shape index (κ3) is 5.07. The van der Waals surface area contributed by atoms with Gasteiger partial charge in [0, 0.05) is 12.0 Å². The summed E-state index contributed by atoms with van der Waals surface area (Å²) in [6.07, 6.45) is 0.477. The molecule has 3 heteroatoms. The van der Waals surface area contributed by atoms with E-state index in [2.05, 4.69) is 44.9 Å². The zero-order valence-electron chi connectivity index (χ0n) is 12.7. The first-order chi connectivity index (χ1) is 9.34. The van der Waals surface area contributed by atoms with Gasteiger partial charge in [0.25, 0.3) is 0 Å². The van der Waals surface area contributed by atoms with E-state index >= 15 is 0 Å². The molecule has 108 valence electrons. The molecule has 1 rings (SSSR count). The summed E-state index contributed by atoms with van der Waals surface area (Å²) in [4.78, 5) is 12.1. The molecule has 20 heavy (non-hydrogen) atoms. The number of benzene rings is 1. The van der Waals surface area contributed by atoms with E-state index in [4.69, 9.17) is 5.11 Å². The fourth-order valence-electron chi connectivity index (χ4n) is 1.62. The largest absolute Gasteiger partial charge is 0.384 e. The van der Waals surface area contributed by atoms with Crippen LogP contribution in [0.5, 0.6) is 0 Å². The monoisotopic (exact) mass is 273 g/mol. The molecule has 1 aromatic rings. The Balaban J connectivity index is 2.76. The first kappa shape index (κ1) is 16.3. The van der Waals surface area contributed by atoms with Crippen molar-refractivity contribution < 1.29 is 9.90 Å². The standard InChI is InChI=1S/C17H23NO2/c1-13(17(2,3)4)12-16(20)18-15-10-6-5-8-14(15)9-7-11-19/h5-6,8,10,13,19H,11-12H2,1-4H3,(H,18,20). The summed E-state index contributed by atoms with van der Waals surface area (Å²) in [5, 5.41) is 11.6. The SMILES string of the molecule is CC(CC(=O)Nc1ccccc1C#CCO)C(C)(C)C. The van der Waals surface area contributed by atoms with E-state index in [9.17, 15) is 4.79 Å². The maximum Gasteiger partial charge on any atom is 0.224 e. The summed E-state index contributed by atoms with van der Waals surface area (Å²) in [6, 6.07) is 7.36. The number of para-hydroxylation sites is 1. The van der Waals surface area contributed by atoms with Crippen LogP contribution in [0, 0.1) is 23.2 Å². The van der Waals surface area contributed by atoms with Crippen molar-refractivity contribution in [3.8, 4) is 11.8 Å². The minimum atomic E-state index is -0.191. The second kappa shape index (κ2) is 7.12. The molecule has 0 radical (unpaired) electrons. The zero-order chi connectivity index (χ0) is 15.2. The molecule has 1 unspecified atom stereocenters. The minimum absolute atomic E-state index is 0.00864. The van der Waals surface area contributed by atoms with Crippen LogP contribution in [0.25, 0.3) is 0 Å². The van der Waals surface area contributed by atoms with Crippen molar-refractivity contribution in [2.45, 2.75) is 34.1 Å². The predicted octanol–water partition coefficient (Wildman–Crippen LogP) is 3.04. The fraction of sp³-hybridized carbons (Fsp3) is 0.471. The molecule has 1 aromatic carbocycles. The van der Waals surface area contributed by atoms with Gasteiger partial charge in [0.1, 0.15) is 6.61 Å². The van der Waals surface area contributed by atoms with E-state index in [1.54, 1.807) is 0 Å².